The van der Waals surface area contributed by atoms with E-state index in [-0.39, 0.29) is 31.1 Å². The van der Waals surface area contributed by atoms with Crippen molar-refractivity contribution in [1.82, 2.24) is 35.2 Å². The first-order valence-electron chi connectivity index (χ1n) is 23.2. The minimum Gasteiger partial charge on any atom is -0.460 e. The van der Waals surface area contributed by atoms with E-state index < -0.39 is 29.4 Å². The van der Waals surface area contributed by atoms with Crippen LogP contribution < -0.4 is 15.1 Å². The molecule has 2 aromatic carbocycles. The number of pyridine rings is 1. The molecule has 2 N–H and O–H groups in total. The number of imide groups is 2. The minimum atomic E-state index is -0.960. The lowest BCUT2D eigenvalue weighted by atomic mass is 9.91. The fraction of sp³-hybridized carbons (Fsp3) is 0.531. The van der Waals surface area contributed by atoms with E-state index in [1.165, 1.54) is 12.8 Å². The molecule has 7 heterocycles. The lowest BCUT2D eigenvalue weighted by Crippen LogP contribution is -2.58. The van der Waals surface area contributed by atoms with Gasteiger partial charge in [-0.05, 0) is 140 Å². The van der Waals surface area contributed by atoms with Gasteiger partial charge in [-0.2, -0.15) is 5.10 Å². The van der Waals surface area contributed by atoms with Crippen LogP contribution in [0.2, 0.25) is 0 Å². The van der Waals surface area contributed by atoms with Crippen LogP contribution in [0.1, 0.15) is 99.4 Å². The highest BCUT2D eigenvalue weighted by atomic mass is 16.6. The maximum Gasteiger partial charge on any atom is 0.310 e. The Morgan fingerprint density at radius 3 is 2.22 bits per heavy atom. The molecule has 15 heteroatoms. The second-order valence-electron chi connectivity index (χ2n) is 19.8. The van der Waals surface area contributed by atoms with Gasteiger partial charge in [-0.1, -0.05) is 6.07 Å². The topological polar surface area (TPSA) is 164 Å². The maximum atomic E-state index is 13.4. The van der Waals surface area contributed by atoms with E-state index in [0.29, 0.717) is 35.0 Å². The molecule has 5 aliphatic rings. The van der Waals surface area contributed by atoms with Crippen LogP contribution in [-0.2, 0) is 25.5 Å². The molecule has 2 aromatic heterocycles. The van der Waals surface area contributed by atoms with Gasteiger partial charge in [-0.25, -0.2) is 4.98 Å². The van der Waals surface area contributed by atoms with Gasteiger partial charge in [0.1, 0.15) is 23.2 Å². The maximum absolute atomic E-state index is 13.4. The molecule has 5 aliphatic heterocycles. The number of nitrogens with one attached hydrogen (secondary N) is 2. The van der Waals surface area contributed by atoms with Crippen molar-refractivity contribution in [2.45, 2.75) is 103 Å². The Hall–Kier alpha value is -5.67. The third-order valence-electron chi connectivity index (χ3n) is 13.9. The number of piperazine rings is 1. The number of hydrogen-bond acceptors (Lipinski definition) is 12. The van der Waals surface area contributed by atoms with Gasteiger partial charge in [-0.3, -0.25) is 44.2 Å². The largest absolute Gasteiger partial charge is 0.460 e. The van der Waals surface area contributed by atoms with Gasteiger partial charge in [0.15, 0.2) is 0 Å². The normalized spacial score (nSPS) is 23.3. The number of anilines is 2. The average molecular weight is 872 g/mol. The number of aromatic nitrogens is 3. The second kappa shape index (κ2) is 17.7. The van der Waals surface area contributed by atoms with Gasteiger partial charge in [0, 0.05) is 80.6 Å². The number of fused-ring (bicyclic) bond motifs is 2. The van der Waals surface area contributed by atoms with E-state index in [9.17, 15) is 24.0 Å². The van der Waals surface area contributed by atoms with E-state index in [2.05, 4.69) is 55.0 Å². The molecule has 4 fully saturated rings. The highest BCUT2D eigenvalue weighted by molar-refractivity contribution is 6.23. The number of nitrogens with zero attached hydrogens (tertiary/aromatic N) is 7. The number of ether oxygens (including phenoxy) is 1. The number of rotatable bonds is 10. The number of esters is 1. The lowest BCUT2D eigenvalue weighted by Gasteiger charge is -2.47. The van der Waals surface area contributed by atoms with Crippen molar-refractivity contribution >= 4 is 52.0 Å². The van der Waals surface area contributed by atoms with Crippen LogP contribution in [0.25, 0.3) is 22.2 Å². The molecule has 0 bridgehead atoms. The summed E-state index contributed by atoms with van der Waals surface area (Å²) in [4.78, 5) is 79.2. The van der Waals surface area contributed by atoms with E-state index >= 15 is 0 Å². The first kappa shape index (κ1) is 43.6. The first-order chi connectivity index (χ1) is 30.7. The molecule has 4 aromatic rings. The van der Waals surface area contributed by atoms with E-state index in [0.717, 1.165) is 109 Å². The van der Waals surface area contributed by atoms with Crippen molar-refractivity contribution in [3.63, 3.8) is 0 Å². The molecule has 0 radical (unpaired) electrons. The molecule has 64 heavy (non-hydrogen) atoms. The van der Waals surface area contributed by atoms with Gasteiger partial charge in [0.05, 0.1) is 23.1 Å². The average Bonchev–Trinajstić information content (AvgIpc) is 3.79. The molecule has 4 amide bonds. The molecule has 3 atom stereocenters. The summed E-state index contributed by atoms with van der Waals surface area (Å²) in [5.74, 6) is 0.0797. The number of benzene rings is 2. The summed E-state index contributed by atoms with van der Waals surface area (Å²) in [5, 5.41) is 11.1. The molecule has 4 saturated heterocycles. The molecular formula is C49H61N9O6. The highest BCUT2D eigenvalue weighted by Crippen LogP contribution is 2.34. The third kappa shape index (κ3) is 9.14. The summed E-state index contributed by atoms with van der Waals surface area (Å²) in [5.41, 5.74) is 4.68. The second-order valence-corrected chi connectivity index (χ2v) is 19.8. The molecular weight excluding hydrogens is 811 g/mol. The van der Waals surface area contributed by atoms with Crippen LogP contribution in [-0.4, -0.2) is 136 Å². The van der Waals surface area contributed by atoms with E-state index in [4.69, 9.17) is 9.72 Å². The summed E-state index contributed by atoms with van der Waals surface area (Å²) in [6, 6.07) is 15.3. The van der Waals surface area contributed by atoms with Crippen molar-refractivity contribution in [1.29, 1.82) is 0 Å². The van der Waals surface area contributed by atoms with Crippen molar-refractivity contribution < 1.29 is 28.7 Å². The third-order valence-corrected chi connectivity index (χ3v) is 13.9. The number of aromatic amines is 1. The zero-order valence-corrected chi connectivity index (χ0v) is 37.8. The molecule has 338 valence electrons. The number of likely N-dealkylation sites (tertiary alicyclic amines) is 1. The number of H-pyrrole nitrogens is 1. The first-order valence-corrected chi connectivity index (χ1v) is 23.2. The van der Waals surface area contributed by atoms with Crippen molar-refractivity contribution in [3.8, 4) is 11.3 Å². The summed E-state index contributed by atoms with van der Waals surface area (Å²) in [6.07, 6.45) is 6.87. The van der Waals surface area contributed by atoms with Crippen molar-refractivity contribution in [2.24, 2.45) is 11.8 Å². The number of amides is 4. The summed E-state index contributed by atoms with van der Waals surface area (Å²) in [7, 11) is 0. The monoisotopic (exact) mass is 871 g/mol. The van der Waals surface area contributed by atoms with Crippen LogP contribution in [0.3, 0.4) is 0 Å². The van der Waals surface area contributed by atoms with Gasteiger partial charge in [0.25, 0.3) is 11.8 Å². The predicted molar refractivity (Wildman–Crippen MR) is 244 cm³/mol. The standard InChI is InChI=1S/C49H61N9O6/c1-30-26-56(42-24-35(12-17-50-42)45-39-22-34(6-9-40(39)52-53-45)23-44(60)64-49(3,4)5)27-31(2)57(30)29-33-13-18-54(19-14-33)28-32-15-20-55(21-16-32)36-7-8-37-38(25-36)48(63)58(47(37)62)41-10-11-43(59)51-46(41)61/h6-9,12,17,22,24-25,30-33,41H,10-11,13-16,18-21,23,26-29H2,1-5H3,(H,52,53)(H,51,59,61)/t30-,31+,41?. The van der Waals surface area contributed by atoms with Crippen molar-refractivity contribution in [3.05, 3.63) is 71.4 Å². The minimum absolute atomic E-state index is 0.103. The van der Waals surface area contributed by atoms with Crippen LogP contribution >= 0.6 is 0 Å². The molecule has 0 spiro atoms. The van der Waals surface area contributed by atoms with Gasteiger partial charge in [0.2, 0.25) is 11.8 Å². The van der Waals surface area contributed by atoms with Crippen molar-refractivity contribution in [2.75, 3.05) is 62.2 Å². The van der Waals surface area contributed by atoms with Gasteiger partial charge in [-0.15, -0.1) is 0 Å². The number of piperidine rings is 3. The van der Waals surface area contributed by atoms with Crippen LogP contribution in [0, 0.1) is 11.8 Å². The summed E-state index contributed by atoms with van der Waals surface area (Å²) in [6.45, 7) is 18.4. The van der Waals surface area contributed by atoms with Gasteiger partial charge < -0.3 is 19.4 Å². The Bertz CT molecular complexity index is 2430. The summed E-state index contributed by atoms with van der Waals surface area (Å²) < 4.78 is 5.56. The number of carbonyl (C=O) groups is 5. The fourth-order valence-electron chi connectivity index (χ4n) is 10.6. The number of carbonyl (C=O) groups excluding carboxylic acids is 5. The SMILES string of the molecule is C[C@@H]1CN(c2cc(-c3n[nH]c4ccc(CC(=O)OC(C)(C)C)cc34)ccn2)C[C@H](C)N1CC1CCN(CC2CCN(c3ccc4c(c3)C(=O)N(C3CCC(=O)NC3=O)C4=O)CC2)CC1. The van der Waals surface area contributed by atoms with Crippen LogP contribution in [0.5, 0.6) is 0 Å². The molecule has 0 saturated carbocycles. The van der Waals surface area contributed by atoms with Gasteiger partial charge >= 0.3 is 5.97 Å². The zero-order valence-electron chi connectivity index (χ0n) is 37.8. The summed E-state index contributed by atoms with van der Waals surface area (Å²) >= 11 is 0. The Labute approximate surface area is 374 Å². The highest BCUT2D eigenvalue weighted by Gasteiger charge is 2.45. The Kier molecular flexibility index (Phi) is 12.1. The Morgan fingerprint density at radius 1 is 0.797 bits per heavy atom. The molecule has 1 unspecified atom stereocenters. The number of hydrogen-bond donors (Lipinski definition) is 2. The van der Waals surface area contributed by atoms with E-state index in [1.54, 1.807) is 12.1 Å². The van der Waals surface area contributed by atoms with Crippen LogP contribution in [0.15, 0.2) is 54.7 Å². The Morgan fingerprint density at radius 2 is 1.50 bits per heavy atom. The van der Waals surface area contributed by atoms with Crippen LogP contribution in [0.4, 0.5) is 11.5 Å². The zero-order chi connectivity index (χ0) is 44.9. The molecule has 15 nitrogen and oxygen atoms in total. The Balaban J connectivity index is 0.737. The lowest BCUT2D eigenvalue weighted by molar-refractivity contribution is -0.154. The quantitative estimate of drug-likeness (QED) is 0.154. The fourth-order valence-corrected chi connectivity index (χ4v) is 10.6. The molecule has 0 aliphatic carbocycles. The predicted octanol–water partition coefficient (Wildman–Crippen LogP) is 5.44. The smallest absolute Gasteiger partial charge is 0.310 e. The molecule has 9 rings (SSSR count). The van der Waals surface area contributed by atoms with E-state index in [1.807, 2.05) is 57.3 Å².